The molecule has 0 aliphatic heterocycles. The molecule has 0 aromatic carbocycles. The van der Waals surface area contributed by atoms with E-state index in [0.717, 1.165) is 5.69 Å². The minimum absolute atomic E-state index is 0.195. The van der Waals surface area contributed by atoms with E-state index in [0.29, 0.717) is 16.2 Å². The van der Waals surface area contributed by atoms with Gasteiger partial charge in [0.25, 0.3) is 0 Å². The monoisotopic (exact) mass is 278 g/mol. The predicted octanol–water partition coefficient (Wildman–Crippen LogP) is 3.15. The molecular formula is C14H18N2O2S. The average Bonchev–Trinajstić information content (AvgIpc) is 2.36. The molecule has 1 heterocycles. The van der Waals surface area contributed by atoms with Gasteiger partial charge < -0.3 is 4.74 Å². The Morgan fingerprint density at radius 1 is 1.53 bits per heavy atom. The lowest BCUT2D eigenvalue weighted by atomic mass is 9.90. The highest BCUT2D eigenvalue weighted by molar-refractivity contribution is 7.98. The summed E-state index contributed by atoms with van der Waals surface area (Å²) in [5.74, 6) is -0.470. The van der Waals surface area contributed by atoms with Gasteiger partial charge in [-0.1, -0.05) is 20.8 Å². The van der Waals surface area contributed by atoms with Crippen molar-refractivity contribution in [3.8, 4) is 6.07 Å². The van der Waals surface area contributed by atoms with E-state index >= 15 is 0 Å². The lowest BCUT2D eigenvalue weighted by Gasteiger charge is -2.20. The molecule has 102 valence electrons. The molecule has 19 heavy (non-hydrogen) atoms. The van der Waals surface area contributed by atoms with E-state index in [1.54, 1.807) is 13.0 Å². The molecule has 0 unspecified atom stereocenters. The van der Waals surface area contributed by atoms with Crippen molar-refractivity contribution in [2.45, 2.75) is 38.1 Å². The second-order valence-electron chi connectivity index (χ2n) is 5.02. The van der Waals surface area contributed by atoms with Gasteiger partial charge in [-0.3, -0.25) is 0 Å². The Labute approximate surface area is 118 Å². The molecule has 0 bridgehead atoms. The highest BCUT2D eigenvalue weighted by atomic mass is 32.2. The Hall–Kier alpha value is -1.54. The van der Waals surface area contributed by atoms with Crippen LogP contribution >= 0.6 is 11.8 Å². The van der Waals surface area contributed by atoms with Crippen molar-refractivity contribution in [3.05, 3.63) is 22.9 Å². The van der Waals surface area contributed by atoms with Crippen molar-refractivity contribution in [1.82, 2.24) is 4.98 Å². The van der Waals surface area contributed by atoms with E-state index in [9.17, 15) is 10.1 Å². The maximum Gasteiger partial charge on any atom is 0.339 e. The zero-order valence-corrected chi connectivity index (χ0v) is 12.7. The molecule has 0 saturated carbocycles. The number of nitrogens with zero attached hydrogens (tertiary/aromatic N) is 2. The van der Waals surface area contributed by atoms with E-state index in [1.165, 1.54) is 11.8 Å². The SMILES string of the molecule is CCOC(=O)c1cc(C(C)(C)C)nc(SC)c1C#N. The zero-order chi connectivity index (χ0) is 14.6. The topological polar surface area (TPSA) is 63.0 Å². The summed E-state index contributed by atoms with van der Waals surface area (Å²) in [6.45, 7) is 8.07. The number of ether oxygens (including phenoxy) is 1. The standard InChI is InChI=1S/C14H18N2O2S/c1-6-18-13(17)9-7-11(14(2,3)4)16-12(19-5)10(9)8-15/h7H,6H2,1-5H3. The summed E-state index contributed by atoms with van der Waals surface area (Å²) in [6.07, 6.45) is 1.84. The maximum absolute atomic E-state index is 12.0. The van der Waals surface area contributed by atoms with Crippen molar-refractivity contribution >= 4 is 17.7 Å². The fourth-order valence-corrected chi connectivity index (χ4v) is 2.08. The lowest BCUT2D eigenvalue weighted by Crippen LogP contribution is -2.17. The number of carbonyl (C=O) groups excluding carboxylic acids is 1. The quantitative estimate of drug-likeness (QED) is 0.628. The number of rotatable bonds is 3. The van der Waals surface area contributed by atoms with Crippen molar-refractivity contribution in [2.24, 2.45) is 0 Å². The van der Waals surface area contributed by atoms with Gasteiger partial charge in [-0.05, 0) is 19.2 Å². The summed E-state index contributed by atoms with van der Waals surface area (Å²) < 4.78 is 5.01. The van der Waals surface area contributed by atoms with Gasteiger partial charge in [-0.15, -0.1) is 11.8 Å². The molecule has 0 N–H and O–H groups in total. The third-order valence-electron chi connectivity index (χ3n) is 2.56. The number of pyridine rings is 1. The van der Waals surface area contributed by atoms with Crippen molar-refractivity contribution in [1.29, 1.82) is 5.26 Å². The number of hydrogen-bond acceptors (Lipinski definition) is 5. The van der Waals surface area contributed by atoms with E-state index in [1.807, 2.05) is 33.1 Å². The summed E-state index contributed by atoms with van der Waals surface area (Å²) in [5.41, 5.74) is 1.17. The van der Waals surface area contributed by atoms with Gasteiger partial charge in [0.1, 0.15) is 11.1 Å². The first kappa shape index (κ1) is 15.5. The summed E-state index contributed by atoms with van der Waals surface area (Å²) in [7, 11) is 0. The largest absolute Gasteiger partial charge is 0.462 e. The number of nitriles is 1. The molecule has 5 heteroatoms. The van der Waals surface area contributed by atoms with E-state index in [2.05, 4.69) is 4.98 Å². The molecule has 0 saturated heterocycles. The van der Waals surface area contributed by atoms with Crippen LogP contribution in [0.1, 0.15) is 49.3 Å². The van der Waals surface area contributed by atoms with Crippen LogP contribution in [0, 0.1) is 11.3 Å². The van der Waals surface area contributed by atoms with Crippen LogP contribution in [0.2, 0.25) is 0 Å². The zero-order valence-electron chi connectivity index (χ0n) is 11.9. The molecule has 1 aromatic rings. The van der Waals surface area contributed by atoms with Crippen molar-refractivity contribution in [3.63, 3.8) is 0 Å². The second kappa shape index (κ2) is 6.07. The van der Waals surface area contributed by atoms with Crippen LogP contribution in [0.15, 0.2) is 11.1 Å². The van der Waals surface area contributed by atoms with Crippen LogP contribution < -0.4 is 0 Å². The average molecular weight is 278 g/mol. The summed E-state index contributed by atoms with van der Waals surface area (Å²) >= 11 is 1.36. The van der Waals surface area contributed by atoms with Gasteiger partial charge in [-0.25, -0.2) is 9.78 Å². The molecule has 0 radical (unpaired) electrons. The maximum atomic E-state index is 12.0. The van der Waals surface area contributed by atoms with Crippen molar-refractivity contribution in [2.75, 3.05) is 12.9 Å². The van der Waals surface area contributed by atoms with Crippen molar-refractivity contribution < 1.29 is 9.53 Å². The fourth-order valence-electron chi connectivity index (χ4n) is 1.53. The molecule has 4 nitrogen and oxygen atoms in total. The van der Waals surface area contributed by atoms with Crippen LogP contribution in [0.5, 0.6) is 0 Å². The van der Waals surface area contributed by atoms with Crippen LogP contribution in [-0.2, 0) is 10.2 Å². The highest BCUT2D eigenvalue weighted by Gasteiger charge is 2.24. The number of esters is 1. The summed E-state index contributed by atoms with van der Waals surface area (Å²) in [6, 6.07) is 3.71. The van der Waals surface area contributed by atoms with Gasteiger partial charge in [0.05, 0.1) is 17.7 Å². The molecule has 0 amide bonds. The van der Waals surface area contributed by atoms with Gasteiger partial charge in [0.2, 0.25) is 0 Å². The van der Waals surface area contributed by atoms with Crippen LogP contribution in [0.25, 0.3) is 0 Å². The Morgan fingerprint density at radius 2 is 2.16 bits per heavy atom. The van der Waals surface area contributed by atoms with Crippen LogP contribution in [0.4, 0.5) is 0 Å². The summed E-state index contributed by atoms with van der Waals surface area (Å²) in [5, 5.41) is 9.80. The molecular weight excluding hydrogens is 260 g/mol. The Morgan fingerprint density at radius 3 is 2.58 bits per heavy atom. The predicted molar refractivity (Wildman–Crippen MR) is 75.4 cm³/mol. The molecule has 1 aromatic heterocycles. The molecule has 0 aliphatic carbocycles. The van der Waals surface area contributed by atoms with Crippen LogP contribution in [-0.4, -0.2) is 23.8 Å². The number of hydrogen-bond donors (Lipinski definition) is 0. The lowest BCUT2D eigenvalue weighted by molar-refractivity contribution is 0.0525. The molecule has 0 atom stereocenters. The Kier molecular flexibility index (Phi) is 4.96. The normalized spacial score (nSPS) is 10.9. The van der Waals surface area contributed by atoms with Gasteiger partial charge in [0, 0.05) is 11.1 Å². The number of aromatic nitrogens is 1. The fraction of sp³-hybridized carbons (Fsp3) is 0.500. The highest BCUT2D eigenvalue weighted by Crippen LogP contribution is 2.28. The molecule has 0 spiro atoms. The third-order valence-corrected chi connectivity index (χ3v) is 3.24. The first-order valence-corrected chi connectivity index (χ1v) is 7.24. The van der Waals surface area contributed by atoms with Gasteiger partial charge >= 0.3 is 5.97 Å². The summed E-state index contributed by atoms with van der Waals surface area (Å²) in [4.78, 5) is 16.4. The smallest absolute Gasteiger partial charge is 0.339 e. The Balaban J connectivity index is 3.50. The first-order valence-electron chi connectivity index (χ1n) is 6.01. The molecule has 0 fully saturated rings. The minimum atomic E-state index is -0.470. The van der Waals surface area contributed by atoms with E-state index in [4.69, 9.17) is 4.74 Å². The molecule has 0 aliphatic rings. The first-order chi connectivity index (χ1) is 8.85. The van der Waals surface area contributed by atoms with Crippen LogP contribution in [0.3, 0.4) is 0 Å². The van der Waals surface area contributed by atoms with Gasteiger partial charge in [-0.2, -0.15) is 5.26 Å². The van der Waals surface area contributed by atoms with Gasteiger partial charge in [0.15, 0.2) is 0 Å². The minimum Gasteiger partial charge on any atom is -0.462 e. The Bertz CT molecular complexity index is 527. The van der Waals surface area contributed by atoms with E-state index < -0.39 is 5.97 Å². The van der Waals surface area contributed by atoms with E-state index in [-0.39, 0.29) is 12.0 Å². The number of thioether (sulfide) groups is 1. The third kappa shape index (κ3) is 3.48. The second-order valence-corrected chi connectivity index (χ2v) is 5.82. The number of carbonyl (C=O) groups is 1. The molecule has 1 rings (SSSR count).